The number of nitrogens with zero attached hydrogens (tertiary/aromatic N) is 5. The molecular weight excluding hydrogens is 456 g/mol. The minimum Gasteiger partial charge on any atom is -0.378 e. The summed E-state index contributed by atoms with van der Waals surface area (Å²) in [6.45, 7) is 10.3. The molecule has 33 heavy (non-hydrogen) atoms. The van der Waals surface area contributed by atoms with Crippen molar-refractivity contribution in [2.45, 2.75) is 38.9 Å². The van der Waals surface area contributed by atoms with Gasteiger partial charge in [-0.05, 0) is 17.9 Å². The highest BCUT2D eigenvalue weighted by Crippen LogP contribution is 2.27. The summed E-state index contributed by atoms with van der Waals surface area (Å²) in [7, 11) is 0. The van der Waals surface area contributed by atoms with Crippen molar-refractivity contribution in [3.63, 3.8) is 0 Å². The summed E-state index contributed by atoms with van der Waals surface area (Å²) in [6, 6.07) is 8.37. The van der Waals surface area contributed by atoms with E-state index in [1.54, 1.807) is 0 Å². The first kappa shape index (κ1) is 23.7. The molecule has 1 aliphatic heterocycles. The van der Waals surface area contributed by atoms with Crippen molar-refractivity contribution in [3.05, 3.63) is 35.2 Å². The van der Waals surface area contributed by atoms with Crippen LogP contribution in [0.5, 0.6) is 0 Å². The average Bonchev–Trinajstić information content (AvgIpc) is 3.45. The van der Waals surface area contributed by atoms with Crippen LogP contribution in [-0.2, 0) is 22.5 Å². The number of thiazole rings is 1. The lowest BCUT2D eigenvalue weighted by Gasteiger charge is -2.28. The summed E-state index contributed by atoms with van der Waals surface area (Å²) < 4.78 is 7.58. The van der Waals surface area contributed by atoms with E-state index in [-0.39, 0.29) is 11.7 Å². The number of hydrogen-bond acceptors (Lipinski definition) is 8. The van der Waals surface area contributed by atoms with Gasteiger partial charge in [0.15, 0.2) is 10.3 Å². The molecule has 176 valence electrons. The van der Waals surface area contributed by atoms with E-state index in [0.717, 1.165) is 48.4 Å². The number of anilines is 2. The molecule has 8 nitrogen and oxygen atoms in total. The van der Waals surface area contributed by atoms with Gasteiger partial charge in [0.05, 0.1) is 24.7 Å². The number of benzene rings is 1. The summed E-state index contributed by atoms with van der Waals surface area (Å²) in [5, 5.41) is 15.1. The molecule has 0 spiro atoms. The maximum Gasteiger partial charge on any atom is 0.236 e. The largest absolute Gasteiger partial charge is 0.378 e. The Labute approximate surface area is 202 Å². The molecular formula is C23H30N6O2S2. The summed E-state index contributed by atoms with van der Waals surface area (Å²) >= 11 is 2.84. The Bertz CT molecular complexity index is 1060. The number of amides is 1. The molecule has 4 rings (SSSR count). The third kappa shape index (κ3) is 6.13. The number of carbonyl (C=O) groups is 1. The third-order valence-corrected chi connectivity index (χ3v) is 7.00. The molecule has 0 unspecified atom stereocenters. The zero-order chi connectivity index (χ0) is 23.2. The lowest BCUT2D eigenvalue weighted by molar-refractivity contribution is -0.113. The van der Waals surface area contributed by atoms with Crippen LogP contribution in [0.4, 0.5) is 11.1 Å². The fraction of sp³-hybridized carbons (Fsp3) is 0.478. The van der Waals surface area contributed by atoms with Gasteiger partial charge in [0.1, 0.15) is 0 Å². The van der Waals surface area contributed by atoms with Crippen LogP contribution in [0.3, 0.4) is 0 Å². The van der Waals surface area contributed by atoms with Crippen LogP contribution in [0.2, 0.25) is 0 Å². The number of aromatic nitrogens is 4. The van der Waals surface area contributed by atoms with Crippen molar-refractivity contribution in [2.75, 3.05) is 42.3 Å². The van der Waals surface area contributed by atoms with E-state index >= 15 is 0 Å². The van der Waals surface area contributed by atoms with Crippen molar-refractivity contribution in [1.29, 1.82) is 0 Å². The van der Waals surface area contributed by atoms with Crippen LogP contribution < -0.4 is 10.2 Å². The van der Waals surface area contributed by atoms with Gasteiger partial charge in [0, 0.05) is 30.6 Å². The number of nitrogens with one attached hydrogen (secondary N) is 1. The molecule has 2 aromatic heterocycles. The molecule has 1 aromatic carbocycles. The van der Waals surface area contributed by atoms with Gasteiger partial charge >= 0.3 is 0 Å². The first-order chi connectivity index (χ1) is 16.0. The molecule has 0 saturated carbocycles. The zero-order valence-electron chi connectivity index (χ0n) is 19.3. The number of hydrogen-bond donors (Lipinski definition) is 1. The van der Waals surface area contributed by atoms with Gasteiger partial charge in [-0.1, -0.05) is 56.8 Å². The SMILES string of the molecule is CCc1ccc(-c2csc(NC(=O)CSc3nnc(N4CCOCC4)n3CC(C)C)n2)cc1. The standard InChI is InChI=1S/C23H30N6O2S2/c1-4-17-5-7-18(8-6-17)19-14-32-21(24-19)25-20(30)15-33-23-27-26-22(29(23)13-16(2)3)28-9-11-31-12-10-28/h5-8,14,16H,4,9-13,15H2,1-3H3,(H,24,25,30). The van der Waals surface area contributed by atoms with E-state index in [9.17, 15) is 4.79 Å². The Hall–Kier alpha value is -2.43. The number of ether oxygens (including phenoxy) is 1. The fourth-order valence-corrected chi connectivity index (χ4v) is 5.05. The minimum absolute atomic E-state index is 0.103. The average molecular weight is 487 g/mol. The Kier molecular flexibility index (Phi) is 8.00. The van der Waals surface area contributed by atoms with E-state index in [2.05, 4.69) is 75.0 Å². The van der Waals surface area contributed by atoms with Crippen LogP contribution >= 0.6 is 23.1 Å². The number of morpholine rings is 1. The molecule has 1 amide bonds. The Morgan fingerprint density at radius 2 is 1.97 bits per heavy atom. The Morgan fingerprint density at radius 3 is 2.67 bits per heavy atom. The molecule has 1 fully saturated rings. The Balaban J connectivity index is 1.37. The van der Waals surface area contributed by atoms with Gasteiger partial charge in [-0.25, -0.2) is 4.98 Å². The fourth-order valence-electron chi connectivity index (χ4n) is 3.57. The predicted octanol–water partition coefficient (Wildman–Crippen LogP) is 4.19. The van der Waals surface area contributed by atoms with E-state index in [0.29, 0.717) is 24.3 Å². The quantitative estimate of drug-likeness (QED) is 0.454. The van der Waals surface area contributed by atoms with Gasteiger partial charge < -0.3 is 15.0 Å². The van der Waals surface area contributed by atoms with Gasteiger partial charge in [-0.2, -0.15) is 0 Å². The summed E-state index contributed by atoms with van der Waals surface area (Å²) in [5.74, 6) is 1.44. The van der Waals surface area contributed by atoms with Crippen molar-refractivity contribution >= 4 is 40.1 Å². The number of rotatable bonds is 9. The van der Waals surface area contributed by atoms with E-state index in [1.165, 1.54) is 28.7 Å². The minimum atomic E-state index is -0.103. The van der Waals surface area contributed by atoms with Crippen molar-refractivity contribution in [1.82, 2.24) is 19.7 Å². The monoisotopic (exact) mass is 486 g/mol. The van der Waals surface area contributed by atoms with E-state index in [1.807, 2.05) is 5.38 Å². The van der Waals surface area contributed by atoms with Crippen LogP contribution in [0.25, 0.3) is 11.3 Å². The topological polar surface area (TPSA) is 85.2 Å². The second kappa shape index (κ2) is 11.1. The van der Waals surface area contributed by atoms with Gasteiger partial charge in [0.25, 0.3) is 0 Å². The number of aryl methyl sites for hydroxylation is 1. The summed E-state index contributed by atoms with van der Waals surface area (Å²) in [4.78, 5) is 19.4. The molecule has 0 bridgehead atoms. The van der Waals surface area contributed by atoms with E-state index in [4.69, 9.17) is 4.74 Å². The first-order valence-electron chi connectivity index (χ1n) is 11.3. The molecule has 0 aliphatic carbocycles. The molecule has 0 radical (unpaired) electrons. The van der Waals surface area contributed by atoms with Gasteiger partial charge in [-0.15, -0.1) is 21.5 Å². The van der Waals surface area contributed by atoms with Crippen LogP contribution in [-0.4, -0.2) is 57.7 Å². The Morgan fingerprint density at radius 1 is 1.21 bits per heavy atom. The van der Waals surface area contributed by atoms with E-state index < -0.39 is 0 Å². The van der Waals surface area contributed by atoms with Crippen molar-refractivity contribution in [3.8, 4) is 11.3 Å². The van der Waals surface area contributed by atoms with Crippen LogP contribution in [0.1, 0.15) is 26.3 Å². The van der Waals surface area contributed by atoms with Crippen molar-refractivity contribution < 1.29 is 9.53 Å². The maximum atomic E-state index is 12.6. The number of thioether (sulfide) groups is 1. The molecule has 1 aliphatic rings. The predicted molar refractivity (Wildman–Crippen MR) is 134 cm³/mol. The zero-order valence-corrected chi connectivity index (χ0v) is 20.9. The second-order valence-electron chi connectivity index (χ2n) is 8.31. The molecule has 1 saturated heterocycles. The molecule has 10 heteroatoms. The van der Waals surface area contributed by atoms with Crippen molar-refractivity contribution in [2.24, 2.45) is 5.92 Å². The van der Waals surface area contributed by atoms with Gasteiger partial charge in [0.2, 0.25) is 11.9 Å². The lowest BCUT2D eigenvalue weighted by atomic mass is 10.1. The highest BCUT2D eigenvalue weighted by molar-refractivity contribution is 7.99. The van der Waals surface area contributed by atoms with Crippen LogP contribution in [0.15, 0.2) is 34.8 Å². The third-order valence-electron chi connectivity index (χ3n) is 5.28. The smallest absolute Gasteiger partial charge is 0.236 e. The molecule has 3 aromatic rings. The number of carbonyl (C=O) groups excluding carboxylic acids is 1. The van der Waals surface area contributed by atoms with Gasteiger partial charge in [-0.3, -0.25) is 9.36 Å². The highest BCUT2D eigenvalue weighted by atomic mass is 32.2. The normalized spacial score (nSPS) is 14.1. The highest BCUT2D eigenvalue weighted by Gasteiger charge is 2.22. The first-order valence-corrected chi connectivity index (χ1v) is 13.1. The lowest BCUT2D eigenvalue weighted by Crippen LogP contribution is -2.38. The molecule has 1 N–H and O–H groups in total. The summed E-state index contributed by atoms with van der Waals surface area (Å²) in [5.41, 5.74) is 3.22. The van der Waals surface area contributed by atoms with Crippen LogP contribution in [0, 0.1) is 5.92 Å². The maximum absolute atomic E-state index is 12.6. The second-order valence-corrected chi connectivity index (χ2v) is 10.1. The molecule has 0 atom stereocenters. The molecule has 3 heterocycles. The summed E-state index contributed by atoms with van der Waals surface area (Å²) in [6.07, 6.45) is 1.01.